The van der Waals surface area contributed by atoms with Crippen LogP contribution < -0.4 is 11.0 Å². The van der Waals surface area contributed by atoms with E-state index in [-0.39, 0.29) is 22.5 Å². The van der Waals surface area contributed by atoms with Gasteiger partial charge in [-0.2, -0.15) is 5.10 Å². The van der Waals surface area contributed by atoms with Crippen molar-refractivity contribution < 1.29 is 9.90 Å². The Morgan fingerprint density at radius 3 is 2.83 bits per heavy atom. The van der Waals surface area contributed by atoms with Gasteiger partial charge in [-0.3, -0.25) is 14.6 Å². The normalized spacial score (nSPS) is 11.3. The highest BCUT2D eigenvalue weighted by Crippen LogP contribution is 2.21. The molecule has 1 heterocycles. The van der Waals surface area contributed by atoms with Crippen molar-refractivity contribution in [2.75, 3.05) is 0 Å². The predicted molar refractivity (Wildman–Crippen MR) is 89.4 cm³/mol. The third-order valence-corrected chi connectivity index (χ3v) is 3.30. The van der Waals surface area contributed by atoms with Gasteiger partial charge in [0.05, 0.1) is 12.1 Å². The summed E-state index contributed by atoms with van der Waals surface area (Å²) in [5.41, 5.74) is 3.12. The predicted octanol–water partition coefficient (Wildman–Crippen LogP) is 1.87. The summed E-state index contributed by atoms with van der Waals surface area (Å²) in [6.07, 6.45) is -0.0914. The van der Waals surface area contributed by atoms with Gasteiger partial charge in [0, 0.05) is 22.3 Å². The summed E-state index contributed by atoms with van der Waals surface area (Å²) in [5.74, 6) is -0.439. The first kappa shape index (κ1) is 16.9. The van der Waals surface area contributed by atoms with Gasteiger partial charge in [0.25, 0.3) is 5.56 Å². The van der Waals surface area contributed by atoms with Crippen LogP contribution in [0.3, 0.4) is 0 Å². The molecule has 2 rings (SSSR count). The van der Waals surface area contributed by atoms with Crippen molar-refractivity contribution in [3.05, 3.63) is 55.7 Å². The number of H-pyrrole nitrogens is 2. The number of hydrogen-bond acceptors (Lipinski definition) is 5. The number of nitrogens with one attached hydrogen (secondary N) is 3. The maximum Gasteiger partial charge on any atom is 0.251 e. The standard InChI is InChI=1S/C14H13ClN4O3S/c1-7(10-4-8(15)2-3-11(10)20)18-19-13(22)6-9-5-12(21)17-14(23)16-9/h2-5,20H,6H2,1H3,(H,19,22)(H2,16,17,21,23)/b18-7+. The summed E-state index contributed by atoms with van der Waals surface area (Å²) in [4.78, 5) is 28.2. The number of aromatic hydroxyl groups is 1. The molecule has 0 aliphatic heterocycles. The van der Waals surface area contributed by atoms with E-state index in [0.29, 0.717) is 22.0 Å². The van der Waals surface area contributed by atoms with Crippen molar-refractivity contribution in [2.24, 2.45) is 5.10 Å². The highest BCUT2D eigenvalue weighted by molar-refractivity contribution is 7.71. The second-order valence-corrected chi connectivity index (χ2v) is 5.53. The number of phenols is 1. The number of amides is 1. The van der Waals surface area contributed by atoms with E-state index in [9.17, 15) is 14.7 Å². The first-order valence-electron chi connectivity index (χ1n) is 6.49. The lowest BCUT2D eigenvalue weighted by Crippen LogP contribution is -2.23. The molecule has 4 N–H and O–H groups in total. The zero-order chi connectivity index (χ0) is 17.0. The SMILES string of the molecule is C/C(=N\NC(=O)Cc1cc(=O)[nH]c(=S)[nH]1)c1cc(Cl)ccc1O. The van der Waals surface area contributed by atoms with E-state index >= 15 is 0 Å². The molecule has 0 aliphatic rings. The molecule has 120 valence electrons. The third-order valence-electron chi connectivity index (χ3n) is 2.86. The van der Waals surface area contributed by atoms with Gasteiger partial charge in [-0.15, -0.1) is 0 Å². The summed E-state index contributed by atoms with van der Waals surface area (Å²) < 4.78 is 0.142. The molecule has 2 aromatic rings. The van der Waals surface area contributed by atoms with E-state index < -0.39 is 5.91 Å². The quantitative estimate of drug-likeness (QED) is 0.382. The highest BCUT2D eigenvalue weighted by atomic mass is 35.5. The lowest BCUT2D eigenvalue weighted by molar-refractivity contribution is -0.120. The molecule has 1 aromatic heterocycles. The number of benzene rings is 1. The van der Waals surface area contributed by atoms with Crippen LogP contribution in [0.25, 0.3) is 0 Å². The van der Waals surface area contributed by atoms with Gasteiger partial charge in [-0.05, 0) is 37.3 Å². The number of carbonyl (C=O) groups is 1. The molecule has 0 atom stereocenters. The molecule has 0 saturated carbocycles. The fraction of sp³-hybridized carbons (Fsp3) is 0.143. The van der Waals surface area contributed by atoms with E-state index in [0.717, 1.165) is 0 Å². The van der Waals surface area contributed by atoms with Gasteiger partial charge >= 0.3 is 0 Å². The van der Waals surface area contributed by atoms with Crippen LogP contribution in [0.4, 0.5) is 0 Å². The Kier molecular flexibility index (Phi) is 5.30. The van der Waals surface area contributed by atoms with Crippen molar-refractivity contribution >= 4 is 35.4 Å². The van der Waals surface area contributed by atoms with E-state index in [4.69, 9.17) is 23.8 Å². The van der Waals surface area contributed by atoms with Crippen LogP contribution in [0.1, 0.15) is 18.2 Å². The zero-order valence-corrected chi connectivity index (χ0v) is 13.6. The van der Waals surface area contributed by atoms with Crippen LogP contribution in [0.5, 0.6) is 5.75 Å². The number of nitrogens with zero attached hydrogens (tertiary/aromatic N) is 1. The van der Waals surface area contributed by atoms with Crippen molar-refractivity contribution in [1.82, 2.24) is 15.4 Å². The van der Waals surface area contributed by atoms with Gasteiger partial charge in [0.1, 0.15) is 5.75 Å². The Labute approximate surface area is 141 Å². The topological polar surface area (TPSA) is 110 Å². The van der Waals surface area contributed by atoms with Crippen LogP contribution in [-0.4, -0.2) is 26.7 Å². The minimum atomic E-state index is -0.442. The Bertz CT molecular complexity index is 860. The van der Waals surface area contributed by atoms with E-state index in [1.54, 1.807) is 13.0 Å². The summed E-state index contributed by atoms with van der Waals surface area (Å²) in [6.45, 7) is 1.62. The Hall–Kier alpha value is -2.45. The molecule has 7 nitrogen and oxygen atoms in total. The molecule has 0 aliphatic carbocycles. The molecule has 9 heteroatoms. The van der Waals surface area contributed by atoms with Crippen molar-refractivity contribution in [2.45, 2.75) is 13.3 Å². The van der Waals surface area contributed by atoms with Gasteiger partial charge in [-0.25, -0.2) is 5.43 Å². The maximum absolute atomic E-state index is 11.8. The van der Waals surface area contributed by atoms with Crippen LogP contribution in [-0.2, 0) is 11.2 Å². The Morgan fingerprint density at radius 1 is 1.39 bits per heavy atom. The second kappa shape index (κ2) is 7.21. The van der Waals surface area contributed by atoms with Gasteiger partial charge in [0.15, 0.2) is 4.77 Å². The summed E-state index contributed by atoms with van der Waals surface area (Å²) in [7, 11) is 0. The van der Waals surface area contributed by atoms with Gasteiger partial charge < -0.3 is 10.1 Å². The summed E-state index contributed by atoms with van der Waals surface area (Å²) >= 11 is 10.7. The number of aromatic amines is 2. The first-order chi connectivity index (χ1) is 10.8. The minimum absolute atomic E-state index is 0.00331. The fourth-order valence-electron chi connectivity index (χ4n) is 1.83. The molecule has 1 amide bonds. The molecule has 0 saturated heterocycles. The third kappa shape index (κ3) is 4.76. The number of phenolic OH excluding ortho intramolecular Hbond substituents is 1. The fourth-order valence-corrected chi connectivity index (χ4v) is 2.24. The average Bonchev–Trinajstić information content (AvgIpc) is 2.46. The van der Waals surface area contributed by atoms with E-state index in [2.05, 4.69) is 20.5 Å². The number of carbonyl (C=O) groups excluding carboxylic acids is 1. The molecular formula is C14H13ClN4O3S. The Morgan fingerprint density at radius 2 is 2.13 bits per heavy atom. The molecule has 0 fully saturated rings. The van der Waals surface area contributed by atoms with Crippen LogP contribution in [0, 0.1) is 4.77 Å². The lowest BCUT2D eigenvalue weighted by Gasteiger charge is -2.06. The molecule has 1 aromatic carbocycles. The van der Waals surface area contributed by atoms with Crippen molar-refractivity contribution in [1.29, 1.82) is 0 Å². The number of rotatable bonds is 4. The number of halogens is 1. The first-order valence-corrected chi connectivity index (χ1v) is 7.28. The van der Waals surface area contributed by atoms with Crippen molar-refractivity contribution in [3.8, 4) is 5.75 Å². The monoisotopic (exact) mass is 352 g/mol. The highest BCUT2D eigenvalue weighted by Gasteiger charge is 2.08. The average molecular weight is 353 g/mol. The largest absolute Gasteiger partial charge is 0.507 e. The molecular weight excluding hydrogens is 340 g/mol. The molecule has 0 radical (unpaired) electrons. The second-order valence-electron chi connectivity index (χ2n) is 4.68. The minimum Gasteiger partial charge on any atom is -0.507 e. The molecule has 0 spiro atoms. The van der Waals surface area contributed by atoms with E-state index in [1.165, 1.54) is 18.2 Å². The van der Waals surface area contributed by atoms with Crippen LogP contribution >= 0.6 is 23.8 Å². The van der Waals surface area contributed by atoms with Gasteiger partial charge in [0.2, 0.25) is 5.91 Å². The molecule has 0 unspecified atom stereocenters. The number of aromatic nitrogens is 2. The van der Waals surface area contributed by atoms with E-state index in [1.807, 2.05) is 0 Å². The number of hydrogen-bond donors (Lipinski definition) is 4. The Balaban J connectivity index is 2.09. The maximum atomic E-state index is 11.8. The zero-order valence-electron chi connectivity index (χ0n) is 12.0. The summed E-state index contributed by atoms with van der Waals surface area (Å²) in [6, 6.07) is 5.76. The lowest BCUT2D eigenvalue weighted by atomic mass is 10.1. The molecule has 0 bridgehead atoms. The summed E-state index contributed by atoms with van der Waals surface area (Å²) in [5, 5.41) is 14.1. The van der Waals surface area contributed by atoms with Crippen molar-refractivity contribution in [3.63, 3.8) is 0 Å². The van der Waals surface area contributed by atoms with Crippen LogP contribution in [0.15, 0.2) is 34.2 Å². The number of hydrazone groups is 1. The molecule has 23 heavy (non-hydrogen) atoms. The van der Waals surface area contributed by atoms with Crippen LogP contribution in [0.2, 0.25) is 5.02 Å². The smallest absolute Gasteiger partial charge is 0.251 e. The van der Waals surface area contributed by atoms with Gasteiger partial charge in [-0.1, -0.05) is 11.6 Å².